The number of fused-ring (bicyclic) bond motifs is 2. The predicted octanol–water partition coefficient (Wildman–Crippen LogP) is -0.0401. The molecule has 0 aliphatic carbocycles. The Balaban J connectivity index is 1.61. The van der Waals surface area contributed by atoms with Crippen LogP contribution < -0.4 is 4.90 Å². The molecule has 3 aliphatic heterocycles. The van der Waals surface area contributed by atoms with E-state index in [1.807, 2.05) is 11.1 Å². The third kappa shape index (κ3) is 3.09. The normalized spacial score (nSPS) is 26.1. The van der Waals surface area contributed by atoms with Crippen LogP contribution in [0.4, 0.5) is 5.95 Å². The van der Waals surface area contributed by atoms with Gasteiger partial charge in [0.1, 0.15) is 6.61 Å². The minimum atomic E-state index is -0.235. The molecule has 1 aromatic heterocycles. The second-order valence-electron chi connectivity index (χ2n) is 6.91. The molecule has 2 saturated heterocycles. The highest BCUT2D eigenvalue weighted by Gasteiger charge is 2.46. The van der Waals surface area contributed by atoms with Crippen LogP contribution in [-0.4, -0.2) is 80.5 Å². The zero-order valence-corrected chi connectivity index (χ0v) is 14.6. The first-order valence-electron chi connectivity index (χ1n) is 8.75. The molecule has 4 rings (SSSR count). The molecule has 3 aliphatic rings. The van der Waals surface area contributed by atoms with Crippen molar-refractivity contribution in [3.8, 4) is 0 Å². The summed E-state index contributed by atoms with van der Waals surface area (Å²) in [7, 11) is 1.55. The van der Waals surface area contributed by atoms with Crippen molar-refractivity contribution in [1.29, 1.82) is 0 Å². The molecule has 0 bridgehead atoms. The maximum atomic E-state index is 12.2. The van der Waals surface area contributed by atoms with Gasteiger partial charge in [-0.2, -0.15) is 0 Å². The lowest BCUT2D eigenvalue weighted by molar-refractivity contribution is -0.134. The van der Waals surface area contributed by atoms with Crippen LogP contribution in [0.25, 0.3) is 0 Å². The second kappa shape index (κ2) is 6.86. The summed E-state index contributed by atoms with van der Waals surface area (Å²) in [6.45, 7) is 5.60. The first-order valence-corrected chi connectivity index (χ1v) is 8.75. The molecule has 1 spiro atoms. The van der Waals surface area contributed by atoms with Gasteiger partial charge in [-0.05, 0) is 6.42 Å². The largest absolute Gasteiger partial charge is 0.378 e. The number of carbonyl (C=O) groups excluding carboxylic acids is 1. The molecule has 0 unspecified atom stereocenters. The molecule has 0 saturated carbocycles. The van der Waals surface area contributed by atoms with E-state index in [1.165, 1.54) is 0 Å². The number of ether oxygens (including phenoxy) is 3. The van der Waals surface area contributed by atoms with E-state index in [0.717, 1.165) is 36.7 Å². The van der Waals surface area contributed by atoms with Crippen LogP contribution in [0.15, 0.2) is 6.20 Å². The summed E-state index contributed by atoms with van der Waals surface area (Å²) in [5.41, 5.74) is 1.84. The first kappa shape index (κ1) is 16.7. The van der Waals surface area contributed by atoms with E-state index < -0.39 is 0 Å². The number of anilines is 1. The van der Waals surface area contributed by atoms with Gasteiger partial charge in [-0.25, -0.2) is 9.97 Å². The molecule has 2 fully saturated rings. The van der Waals surface area contributed by atoms with Crippen molar-refractivity contribution in [2.45, 2.75) is 18.4 Å². The van der Waals surface area contributed by atoms with Gasteiger partial charge in [0.2, 0.25) is 11.9 Å². The minimum absolute atomic E-state index is 0.0222. The Labute approximate surface area is 147 Å². The molecule has 25 heavy (non-hydrogen) atoms. The van der Waals surface area contributed by atoms with Crippen LogP contribution in [0, 0.1) is 0 Å². The Kier molecular flexibility index (Phi) is 4.58. The average molecular weight is 348 g/mol. The predicted molar refractivity (Wildman–Crippen MR) is 89.5 cm³/mol. The fourth-order valence-electron chi connectivity index (χ4n) is 3.91. The Morgan fingerprint density at radius 2 is 2.16 bits per heavy atom. The van der Waals surface area contributed by atoms with Gasteiger partial charge in [0, 0.05) is 45.0 Å². The summed E-state index contributed by atoms with van der Waals surface area (Å²) in [6.07, 6.45) is 2.74. The molecule has 4 heterocycles. The lowest BCUT2D eigenvalue weighted by Crippen LogP contribution is -2.43. The fourth-order valence-corrected chi connectivity index (χ4v) is 3.91. The Hall–Kier alpha value is -1.77. The van der Waals surface area contributed by atoms with Crippen molar-refractivity contribution in [2.24, 2.45) is 0 Å². The molecule has 0 N–H and O–H groups in total. The number of likely N-dealkylation sites (tertiary alicyclic amines) is 1. The first-order chi connectivity index (χ1) is 12.2. The van der Waals surface area contributed by atoms with Crippen LogP contribution in [-0.2, 0) is 31.0 Å². The molecule has 1 atom stereocenters. The highest BCUT2D eigenvalue weighted by molar-refractivity contribution is 5.78. The number of methoxy groups -OCH3 is 1. The van der Waals surface area contributed by atoms with Gasteiger partial charge in [-0.15, -0.1) is 0 Å². The molecule has 8 nitrogen and oxygen atoms in total. The SMILES string of the molecule is COCC(=O)N1CC[C@@]2(COCc3cnc(N4CCOCC4)nc32)C1. The monoisotopic (exact) mass is 348 g/mol. The molecule has 1 aromatic rings. The number of nitrogens with zero attached hydrogens (tertiary/aromatic N) is 4. The van der Waals surface area contributed by atoms with Gasteiger partial charge in [-0.3, -0.25) is 4.79 Å². The number of rotatable bonds is 3. The van der Waals surface area contributed by atoms with E-state index in [1.54, 1.807) is 7.11 Å². The number of hydrogen-bond donors (Lipinski definition) is 0. The Morgan fingerprint density at radius 3 is 2.96 bits per heavy atom. The topological polar surface area (TPSA) is 77.0 Å². The smallest absolute Gasteiger partial charge is 0.248 e. The molecule has 136 valence electrons. The zero-order chi connectivity index (χ0) is 17.3. The second-order valence-corrected chi connectivity index (χ2v) is 6.91. The number of amides is 1. The molecule has 0 aromatic carbocycles. The van der Waals surface area contributed by atoms with Crippen LogP contribution in [0.1, 0.15) is 17.7 Å². The molecule has 1 amide bonds. The van der Waals surface area contributed by atoms with Gasteiger partial charge in [0.05, 0.1) is 37.5 Å². The van der Waals surface area contributed by atoms with Gasteiger partial charge in [-0.1, -0.05) is 0 Å². The Bertz CT molecular complexity index is 650. The summed E-state index contributed by atoms with van der Waals surface area (Å²) in [5, 5.41) is 0. The van der Waals surface area contributed by atoms with Crippen LogP contribution in [0.5, 0.6) is 0 Å². The molecular weight excluding hydrogens is 324 g/mol. The van der Waals surface area contributed by atoms with Crippen LogP contribution >= 0.6 is 0 Å². The number of aromatic nitrogens is 2. The Morgan fingerprint density at radius 1 is 1.32 bits per heavy atom. The van der Waals surface area contributed by atoms with Gasteiger partial charge >= 0.3 is 0 Å². The van der Waals surface area contributed by atoms with Gasteiger partial charge in [0.25, 0.3) is 0 Å². The van der Waals surface area contributed by atoms with E-state index in [0.29, 0.717) is 39.5 Å². The van der Waals surface area contributed by atoms with Crippen LogP contribution in [0.2, 0.25) is 0 Å². The third-order valence-electron chi connectivity index (χ3n) is 5.26. The zero-order valence-electron chi connectivity index (χ0n) is 14.6. The highest BCUT2D eigenvalue weighted by Crippen LogP contribution is 2.39. The molecule has 0 radical (unpaired) electrons. The third-order valence-corrected chi connectivity index (χ3v) is 5.26. The number of hydrogen-bond acceptors (Lipinski definition) is 7. The summed E-state index contributed by atoms with van der Waals surface area (Å²) < 4.78 is 16.2. The fraction of sp³-hybridized carbons (Fsp3) is 0.706. The highest BCUT2D eigenvalue weighted by atomic mass is 16.5. The van der Waals surface area contributed by atoms with Crippen molar-refractivity contribution >= 4 is 11.9 Å². The quantitative estimate of drug-likeness (QED) is 0.758. The van der Waals surface area contributed by atoms with E-state index in [4.69, 9.17) is 19.2 Å². The van der Waals surface area contributed by atoms with Crippen LogP contribution in [0.3, 0.4) is 0 Å². The van der Waals surface area contributed by atoms with Crippen molar-refractivity contribution in [3.05, 3.63) is 17.5 Å². The molecule has 8 heteroatoms. The van der Waals surface area contributed by atoms with Crippen molar-refractivity contribution in [3.63, 3.8) is 0 Å². The van der Waals surface area contributed by atoms with Gasteiger partial charge in [0.15, 0.2) is 0 Å². The number of morpholine rings is 1. The maximum absolute atomic E-state index is 12.2. The minimum Gasteiger partial charge on any atom is -0.378 e. The van der Waals surface area contributed by atoms with Crippen molar-refractivity contribution in [2.75, 3.05) is 64.6 Å². The lowest BCUT2D eigenvalue weighted by atomic mass is 9.80. The van der Waals surface area contributed by atoms with Crippen molar-refractivity contribution < 1.29 is 19.0 Å². The summed E-state index contributed by atoms with van der Waals surface area (Å²) in [5.74, 6) is 0.777. The summed E-state index contributed by atoms with van der Waals surface area (Å²) in [4.78, 5) is 25.7. The summed E-state index contributed by atoms with van der Waals surface area (Å²) in [6, 6.07) is 0. The van der Waals surface area contributed by atoms with Gasteiger partial charge < -0.3 is 24.0 Å². The molecular formula is C17H24N4O4. The average Bonchev–Trinajstić information content (AvgIpc) is 3.08. The van der Waals surface area contributed by atoms with Crippen molar-refractivity contribution in [1.82, 2.24) is 14.9 Å². The standard InChI is InChI=1S/C17H24N4O4/c1-23-10-14(22)21-3-2-17(11-21)12-25-9-13-8-18-16(19-15(13)17)20-4-6-24-7-5-20/h8H,2-7,9-12H2,1H3/t17-/m0/s1. The van der Waals surface area contributed by atoms with E-state index in [2.05, 4.69) is 9.88 Å². The summed E-state index contributed by atoms with van der Waals surface area (Å²) >= 11 is 0. The van der Waals surface area contributed by atoms with E-state index in [9.17, 15) is 4.79 Å². The lowest BCUT2D eigenvalue weighted by Gasteiger charge is -2.35. The number of carbonyl (C=O) groups is 1. The van der Waals surface area contributed by atoms with E-state index >= 15 is 0 Å². The maximum Gasteiger partial charge on any atom is 0.248 e. The van der Waals surface area contributed by atoms with E-state index in [-0.39, 0.29) is 17.9 Å².